The number of rotatable bonds is 4. The molecule has 1 aliphatic rings. The quantitative estimate of drug-likeness (QED) is 0.924. The Labute approximate surface area is 112 Å². The van der Waals surface area contributed by atoms with E-state index in [0.29, 0.717) is 29.6 Å². The Bertz CT molecular complexity index is 411. The lowest BCUT2D eigenvalue weighted by Gasteiger charge is -2.32. The normalized spacial score (nSPS) is 20.8. The Balaban J connectivity index is 1.99. The molecule has 1 atom stereocenters. The Hall–Kier alpha value is -0.860. The van der Waals surface area contributed by atoms with Crippen molar-refractivity contribution in [2.75, 3.05) is 31.2 Å². The summed E-state index contributed by atoms with van der Waals surface area (Å²) in [6.07, 6.45) is -1.82. The smallest absolute Gasteiger partial charge is 0.394 e. The first-order chi connectivity index (χ1) is 9.00. The third-order valence-corrected chi connectivity index (χ3v) is 3.97. The predicted molar refractivity (Wildman–Crippen MR) is 65.4 cm³/mol. The van der Waals surface area contributed by atoms with Gasteiger partial charge in [0.2, 0.25) is 0 Å². The predicted octanol–water partition coefficient (Wildman–Crippen LogP) is 2.14. The number of halogens is 3. The zero-order valence-electron chi connectivity index (χ0n) is 10.2. The molecule has 0 aliphatic carbocycles. The van der Waals surface area contributed by atoms with Crippen LogP contribution in [0.15, 0.2) is 6.20 Å². The van der Waals surface area contributed by atoms with Crippen molar-refractivity contribution in [2.45, 2.75) is 25.1 Å². The summed E-state index contributed by atoms with van der Waals surface area (Å²) in [7, 11) is 0. The third kappa shape index (κ3) is 3.80. The van der Waals surface area contributed by atoms with Gasteiger partial charge in [0.05, 0.1) is 25.5 Å². The fourth-order valence-electron chi connectivity index (χ4n) is 2.01. The molecule has 0 amide bonds. The summed E-state index contributed by atoms with van der Waals surface area (Å²) in [5, 5.41) is 9.08. The molecule has 108 valence electrons. The molecular weight excluding hydrogens is 281 g/mol. The molecule has 1 N–H and O–H groups in total. The highest BCUT2D eigenvalue weighted by atomic mass is 32.1. The van der Waals surface area contributed by atoms with E-state index in [0.717, 1.165) is 19.0 Å². The largest absolute Gasteiger partial charge is 0.427 e. The van der Waals surface area contributed by atoms with E-state index in [-0.39, 0.29) is 19.3 Å². The van der Waals surface area contributed by atoms with Crippen LogP contribution < -0.4 is 4.90 Å². The fraction of sp³-hybridized carbons (Fsp3) is 0.727. The molecule has 2 rings (SSSR count). The monoisotopic (exact) mass is 296 g/mol. The number of aliphatic hydroxyl groups is 1. The molecule has 1 saturated heterocycles. The number of hydrogen-bond acceptors (Lipinski definition) is 5. The van der Waals surface area contributed by atoms with E-state index in [1.165, 1.54) is 0 Å². The van der Waals surface area contributed by atoms with Gasteiger partial charge in [-0.25, -0.2) is 4.98 Å². The standard InChI is InChI=1S/C11H15F3N2O2S/c12-11(13,14)9-6-15-10(19-9)16-3-1-2-8(7-16)18-5-4-17/h6,8,17H,1-5,7H2. The van der Waals surface area contributed by atoms with Gasteiger partial charge in [0.25, 0.3) is 0 Å². The van der Waals surface area contributed by atoms with Crippen LogP contribution in [0.4, 0.5) is 18.3 Å². The van der Waals surface area contributed by atoms with Crippen LogP contribution in [-0.2, 0) is 10.9 Å². The number of thiazole rings is 1. The lowest BCUT2D eigenvalue weighted by Crippen LogP contribution is -2.40. The van der Waals surface area contributed by atoms with Gasteiger partial charge in [0, 0.05) is 13.1 Å². The number of hydrogen-bond donors (Lipinski definition) is 1. The molecule has 4 nitrogen and oxygen atoms in total. The molecule has 2 heterocycles. The van der Waals surface area contributed by atoms with Crippen LogP contribution in [-0.4, -0.2) is 42.5 Å². The van der Waals surface area contributed by atoms with Gasteiger partial charge < -0.3 is 14.7 Å². The SMILES string of the molecule is OCCOC1CCCN(c2ncc(C(F)(F)F)s2)C1. The van der Waals surface area contributed by atoms with Crippen molar-refractivity contribution in [3.05, 3.63) is 11.1 Å². The number of aliphatic hydroxyl groups excluding tert-OH is 1. The number of anilines is 1. The number of alkyl halides is 3. The molecule has 1 aromatic heterocycles. The highest BCUT2D eigenvalue weighted by Gasteiger charge is 2.34. The summed E-state index contributed by atoms with van der Waals surface area (Å²) in [4.78, 5) is 4.97. The van der Waals surface area contributed by atoms with Crippen LogP contribution in [0.25, 0.3) is 0 Å². The van der Waals surface area contributed by atoms with Crippen LogP contribution in [0.5, 0.6) is 0 Å². The first-order valence-corrected chi connectivity index (χ1v) is 6.83. The minimum atomic E-state index is -4.33. The molecule has 0 radical (unpaired) electrons. The van der Waals surface area contributed by atoms with Crippen LogP contribution in [0.3, 0.4) is 0 Å². The van der Waals surface area contributed by atoms with Gasteiger partial charge in [-0.1, -0.05) is 11.3 Å². The van der Waals surface area contributed by atoms with Gasteiger partial charge in [0.1, 0.15) is 4.88 Å². The summed E-state index contributed by atoms with van der Waals surface area (Å²) in [6.45, 7) is 1.41. The zero-order chi connectivity index (χ0) is 13.9. The van der Waals surface area contributed by atoms with Gasteiger partial charge in [-0.15, -0.1) is 0 Å². The maximum Gasteiger partial charge on any atom is 0.427 e. The van der Waals surface area contributed by atoms with Gasteiger partial charge >= 0.3 is 6.18 Å². The van der Waals surface area contributed by atoms with E-state index in [9.17, 15) is 13.2 Å². The lowest BCUT2D eigenvalue weighted by atomic mass is 10.1. The fourth-order valence-corrected chi connectivity index (χ4v) is 2.83. The minimum Gasteiger partial charge on any atom is -0.394 e. The first-order valence-electron chi connectivity index (χ1n) is 6.01. The Morgan fingerprint density at radius 3 is 2.95 bits per heavy atom. The van der Waals surface area contributed by atoms with Crippen LogP contribution in [0.2, 0.25) is 0 Å². The summed E-state index contributed by atoms with van der Waals surface area (Å²) in [5.41, 5.74) is 0. The molecule has 1 aliphatic heterocycles. The number of ether oxygens (including phenoxy) is 1. The Morgan fingerprint density at radius 1 is 1.53 bits per heavy atom. The van der Waals surface area contributed by atoms with E-state index < -0.39 is 11.1 Å². The van der Waals surface area contributed by atoms with E-state index in [1.807, 2.05) is 4.90 Å². The topological polar surface area (TPSA) is 45.6 Å². The first kappa shape index (κ1) is 14.5. The molecule has 1 unspecified atom stereocenters. The van der Waals surface area contributed by atoms with Crippen molar-refractivity contribution in [1.82, 2.24) is 4.98 Å². The van der Waals surface area contributed by atoms with Gasteiger partial charge in [0.15, 0.2) is 5.13 Å². The molecule has 8 heteroatoms. The van der Waals surface area contributed by atoms with Crippen LogP contribution in [0, 0.1) is 0 Å². The minimum absolute atomic E-state index is 0.0496. The molecule has 0 saturated carbocycles. The maximum absolute atomic E-state index is 12.5. The summed E-state index contributed by atoms with van der Waals surface area (Å²) in [5.74, 6) is 0. The Morgan fingerprint density at radius 2 is 2.32 bits per heavy atom. The second-order valence-electron chi connectivity index (χ2n) is 4.31. The van der Waals surface area contributed by atoms with Gasteiger partial charge in [-0.05, 0) is 12.8 Å². The zero-order valence-corrected chi connectivity index (χ0v) is 11.0. The second kappa shape index (κ2) is 6.06. The molecule has 0 aromatic carbocycles. The number of nitrogens with zero attached hydrogens (tertiary/aromatic N) is 2. The highest BCUT2D eigenvalue weighted by molar-refractivity contribution is 7.15. The van der Waals surface area contributed by atoms with E-state index in [4.69, 9.17) is 9.84 Å². The van der Waals surface area contributed by atoms with Gasteiger partial charge in [-0.3, -0.25) is 0 Å². The van der Waals surface area contributed by atoms with Crippen molar-refractivity contribution in [3.8, 4) is 0 Å². The molecule has 19 heavy (non-hydrogen) atoms. The molecule has 0 bridgehead atoms. The maximum atomic E-state index is 12.5. The molecular formula is C11H15F3N2O2S. The second-order valence-corrected chi connectivity index (χ2v) is 5.32. The average Bonchev–Trinajstić information content (AvgIpc) is 2.86. The molecule has 1 aromatic rings. The van der Waals surface area contributed by atoms with Crippen LogP contribution >= 0.6 is 11.3 Å². The van der Waals surface area contributed by atoms with Crippen molar-refractivity contribution in [2.24, 2.45) is 0 Å². The van der Waals surface area contributed by atoms with Crippen molar-refractivity contribution in [3.63, 3.8) is 0 Å². The molecule has 1 fully saturated rings. The highest BCUT2D eigenvalue weighted by Crippen LogP contribution is 2.36. The van der Waals surface area contributed by atoms with Crippen molar-refractivity contribution in [1.29, 1.82) is 0 Å². The molecule has 0 spiro atoms. The van der Waals surface area contributed by atoms with E-state index >= 15 is 0 Å². The van der Waals surface area contributed by atoms with Crippen molar-refractivity contribution >= 4 is 16.5 Å². The van der Waals surface area contributed by atoms with Crippen molar-refractivity contribution < 1.29 is 23.0 Å². The van der Waals surface area contributed by atoms with E-state index in [2.05, 4.69) is 4.98 Å². The summed E-state index contributed by atoms with van der Waals surface area (Å²) in [6, 6.07) is 0. The summed E-state index contributed by atoms with van der Waals surface area (Å²) >= 11 is 0.657. The van der Waals surface area contributed by atoms with E-state index in [1.54, 1.807) is 0 Å². The lowest BCUT2D eigenvalue weighted by molar-refractivity contribution is -0.134. The average molecular weight is 296 g/mol. The van der Waals surface area contributed by atoms with Gasteiger partial charge in [-0.2, -0.15) is 13.2 Å². The summed E-state index contributed by atoms with van der Waals surface area (Å²) < 4.78 is 43.0. The van der Waals surface area contributed by atoms with Crippen LogP contribution in [0.1, 0.15) is 17.7 Å². The third-order valence-electron chi connectivity index (χ3n) is 2.87. The number of aromatic nitrogens is 1. The number of piperidine rings is 1. The Kier molecular flexibility index (Phi) is 4.64.